The molecule has 0 saturated carbocycles. The Morgan fingerprint density at radius 1 is 0.786 bits per heavy atom. The molecule has 3 aliphatic rings. The summed E-state index contributed by atoms with van der Waals surface area (Å²) in [6.07, 6.45) is 3.43. The van der Waals surface area contributed by atoms with Crippen LogP contribution in [0.3, 0.4) is 0 Å². The predicted molar refractivity (Wildman–Crippen MR) is 179 cm³/mol. The molecule has 7 rings (SSSR count). The molecule has 0 spiro atoms. The van der Waals surface area contributed by atoms with Crippen molar-refractivity contribution in [1.82, 2.24) is 0 Å². The molecule has 3 heteroatoms. The standard InChI is InChI=1S/C39H43N3/c1-8-39(9-2)23-28-12-10-15-32-34-22-27(35-30(24(3)4)13-11-14-31(35)25(5)6)18-21-33(34)37-40-42(38(39)41(37)36(28)32)29-19-16-26(7)17-20-29/h10-22,24-25,38H,8-9,23H2,1-7H3. The highest BCUT2D eigenvalue weighted by Gasteiger charge is 2.54. The van der Waals surface area contributed by atoms with E-state index in [0.29, 0.717) is 11.8 Å². The van der Waals surface area contributed by atoms with Gasteiger partial charge in [-0.2, -0.15) is 5.10 Å². The molecule has 0 aromatic heterocycles. The Bertz CT molecular complexity index is 1680. The molecule has 4 aromatic rings. The monoisotopic (exact) mass is 553 g/mol. The average molecular weight is 554 g/mol. The fraction of sp³-hybridized carbons (Fsp3) is 0.359. The zero-order chi connectivity index (χ0) is 29.3. The quantitative estimate of drug-likeness (QED) is 0.236. The van der Waals surface area contributed by atoms with Crippen molar-refractivity contribution >= 4 is 17.2 Å². The molecule has 1 unspecified atom stereocenters. The van der Waals surface area contributed by atoms with Crippen LogP contribution in [-0.2, 0) is 6.42 Å². The van der Waals surface area contributed by atoms with Gasteiger partial charge in [-0.25, -0.2) is 5.01 Å². The van der Waals surface area contributed by atoms with Gasteiger partial charge in [0, 0.05) is 16.5 Å². The van der Waals surface area contributed by atoms with Crippen LogP contribution in [0.15, 0.2) is 84.0 Å². The van der Waals surface area contributed by atoms with Crippen LogP contribution < -0.4 is 9.91 Å². The van der Waals surface area contributed by atoms with Crippen molar-refractivity contribution in [2.45, 2.75) is 85.7 Å². The summed E-state index contributed by atoms with van der Waals surface area (Å²) in [4.78, 5) is 2.60. The largest absolute Gasteiger partial charge is 0.300 e. The van der Waals surface area contributed by atoms with Crippen molar-refractivity contribution in [3.05, 3.63) is 107 Å². The number of hydrogen-bond acceptors (Lipinski definition) is 3. The number of hydrogen-bond donors (Lipinski definition) is 0. The molecule has 0 fully saturated rings. The van der Waals surface area contributed by atoms with Crippen molar-refractivity contribution in [2.24, 2.45) is 10.5 Å². The summed E-state index contributed by atoms with van der Waals surface area (Å²) >= 11 is 0. The summed E-state index contributed by atoms with van der Waals surface area (Å²) in [7, 11) is 0. The number of fused-ring (bicyclic) bond motifs is 3. The molecular formula is C39H43N3. The van der Waals surface area contributed by atoms with E-state index >= 15 is 0 Å². The minimum Gasteiger partial charge on any atom is -0.300 e. The summed E-state index contributed by atoms with van der Waals surface area (Å²) in [5.41, 5.74) is 14.8. The summed E-state index contributed by atoms with van der Waals surface area (Å²) in [6.45, 7) is 16.1. The van der Waals surface area contributed by atoms with Gasteiger partial charge < -0.3 is 4.90 Å². The van der Waals surface area contributed by atoms with Crippen LogP contribution in [0.5, 0.6) is 0 Å². The Morgan fingerprint density at radius 2 is 1.45 bits per heavy atom. The molecule has 0 saturated heterocycles. The van der Waals surface area contributed by atoms with E-state index in [0.717, 1.165) is 25.1 Å². The molecule has 1 atom stereocenters. The van der Waals surface area contributed by atoms with Gasteiger partial charge in [0.25, 0.3) is 0 Å². The lowest BCUT2D eigenvalue weighted by Gasteiger charge is -2.51. The third kappa shape index (κ3) is 3.82. The van der Waals surface area contributed by atoms with Crippen molar-refractivity contribution in [2.75, 3.05) is 9.91 Å². The van der Waals surface area contributed by atoms with E-state index in [4.69, 9.17) is 5.10 Å². The average Bonchev–Trinajstić information content (AvgIpc) is 3.42. The van der Waals surface area contributed by atoms with Crippen LogP contribution in [0.2, 0.25) is 0 Å². The van der Waals surface area contributed by atoms with Gasteiger partial charge in [0.1, 0.15) is 6.17 Å². The van der Waals surface area contributed by atoms with Crippen LogP contribution >= 0.6 is 0 Å². The molecule has 214 valence electrons. The van der Waals surface area contributed by atoms with E-state index in [1.165, 1.54) is 61.4 Å². The first kappa shape index (κ1) is 27.0. The number of aryl methyl sites for hydroxylation is 1. The third-order valence-corrected chi connectivity index (χ3v) is 10.3. The van der Waals surface area contributed by atoms with E-state index < -0.39 is 0 Å². The van der Waals surface area contributed by atoms with Gasteiger partial charge >= 0.3 is 0 Å². The van der Waals surface area contributed by atoms with Crippen molar-refractivity contribution in [3.8, 4) is 22.3 Å². The maximum atomic E-state index is 5.50. The van der Waals surface area contributed by atoms with E-state index in [1.54, 1.807) is 0 Å². The molecule has 0 aliphatic carbocycles. The molecule has 3 heterocycles. The normalized spacial score (nSPS) is 17.9. The van der Waals surface area contributed by atoms with Crippen LogP contribution in [-0.4, -0.2) is 12.0 Å². The van der Waals surface area contributed by atoms with Gasteiger partial charge in [0.15, 0.2) is 5.84 Å². The van der Waals surface area contributed by atoms with Gasteiger partial charge in [0.2, 0.25) is 0 Å². The Labute approximate surface area is 251 Å². The number of amidine groups is 1. The zero-order valence-electron chi connectivity index (χ0n) is 26.2. The van der Waals surface area contributed by atoms with Crippen molar-refractivity contribution in [3.63, 3.8) is 0 Å². The molecule has 0 N–H and O–H groups in total. The molecule has 3 aliphatic heterocycles. The molecule has 4 aromatic carbocycles. The third-order valence-electron chi connectivity index (χ3n) is 10.3. The molecule has 42 heavy (non-hydrogen) atoms. The second kappa shape index (κ2) is 9.87. The zero-order valence-corrected chi connectivity index (χ0v) is 26.2. The van der Waals surface area contributed by atoms with Crippen LogP contribution in [0.1, 0.15) is 94.0 Å². The first-order chi connectivity index (χ1) is 20.3. The maximum Gasteiger partial charge on any atom is 0.163 e. The Morgan fingerprint density at radius 3 is 2.10 bits per heavy atom. The number of para-hydroxylation sites is 1. The minimum atomic E-state index is 0.0988. The number of anilines is 2. The lowest BCUT2D eigenvalue weighted by atomic mass is 9.69. The van der Waals surface area contributed by atoms with Gasteiger partial charge in [-0.1, -0.05) is 102 Å². The van der Waals surface area contributed by atoms with E-state index in [1.807, 2.05) is 0 Å². The first-order valence-electron chi connectivity index (χ1n) is 15.9. The summed E-state index contributed by atoms with van der Waals surface area (Å²) < 4.78 is 0. The topological polar surface area (TPSA) is 18.8 Å². The Kier molecular flexibility index (Phi) is 6.34. The highest BCUT2D eigenvalue weighted by Crippen LogP contribution is 2.56. The number of benzene rings is 4. The second-order valence-electron chi connectivity index (χ2n) is 13.3. The Balaban J connectivity index is 1.49. The summed E-state index contributed by atoms with van der Waals surface area (Å²) in [5, 5.41) is 7.84. The van der Waals surface area contributed by atoms with Gasteiger partial charge in [-0.05, 0) is 95.7 Å². The van der Waals surface area contributed by atoms with E-state index in [2.05, 4.69) is 137 Å². The lowest BCUT2D eigenvalue weighted by molar-refractivity contribution is 0.193. The second-order valence-corrected chi connectivity index (χ2v) is 13.3. The fourth-order valence-electron chi connectivity index (χ4n) is 7.85. The van der Waals surface area contributed by atoms with Crippen molar-refractivity contribution < 1.29 is 0 Å². The molecule has 0 radical (unpaired) electrons. The fourth-order valence-corrected chi connectivity index (χ4v) is 7.85. The van der Waals surface area contributed by atoms with Gasteiger partial charge in [-0.3, -0.25) is 0 Å². The maximum absolute atomic E-state index is 5.50. The van der Waals surface area contributed by atoms with Crippen LogP contribution in [0.25, 0.3) is 22.3 Å². The van der Waals surface area contributed by atoms with E-state index in [9.17, 15) is 0 Å². The highest BCUT2D eigenvalue weighted by molar-refractivity contribution is 6.22. The van der Waals surface area contributed by atoms with Gasteiger partial charge in [0.05, 0.1) is 11.4 Å². The lowest BCUT2D eigenvalue weighted by Crippen LogP contribution is -2.58. The summed E-state index contributed by atoms with van der Waals surface area (Å²) in [6, 6.07) is 29.9. The summed E-state index contributed by atoms with van der Waals surface area (Å²) in [5.74, 6) is 2.00. The molecule has 0 bridgehead atoms. The van der Waals surface area contributed by atoms with E-state index in [-0.39, 0.29) is 11.6 Å². The number of nitrogens with zero attached hydrogens (tertiary/aromatic N) is 3. The SMILES string of the molecule is CCC1(CC)Cc2cccc3c2N2C(=NN(c4ccc(C)cc4)C21)c1ccc(-c2c(C(C)C)cccc2C(C)C)cc1-3. The van der Waals surface area contributed by atoms with Crippen LogP contribution in [0, 0.1) is 12.3 Å². The molecule has 0 amide bonds. The Hall–Kier alpha value is -3.85. The molecule has 3 nitrogen and oxygen atoms in total. The first-order valence-corrected chi connectivity index (χ1v) is 15.9. The number of hydrazone groups is 1. The van der Waals surface area contributed by atoms with Crippen molar-refractivity contribution in [1.29, 1.82) is 0 Å². The number of rotatable bonds is 6. The minimum absolute atomic E-state index is 0.0988. The highest BCUT2D eigenvalue weighted by atomic mass is 15.6. The predicted octanol–water partition coefficient (Wildman–Crippen LogP) is 10.3. The van der Waals surface area contributed by atoms with Crippen LogP contribution in [0.4, 0.5) is 11.4 Å². The smallest absolute Gasteiger partial charge is 0.163 e. The van der Waals surface area contributed by atoms with Gasteiger partial charge in [-0.15, -0.1) is 0 Å². The molecular weight excluding hydrogens is 510 g/mol.